The second-order valence-corrected chi connectivity index (χ2v) is 6.72. The first kappa shape index (κ1) is 16.2. The van der Waals surface area contributed by atoms with Crippen molar-refractivity contribution in [3.05, 3.63) is 0 Å². The van der Waals surface area contributed by atoms with E-state index in [9.17, 15) is 9.59 Å². The zero-order chi connectivity index (χ0) is 15.0. The summed E-state index contributed by atoms with van der Waals surface area (Å²) in [5, 5.41) is 10.0. The quantitative estimate of drug-likeness (QED) is 0.583. The van der Waals surface area contributed by atoms with Gasteiger partial charge in [0, 0.05) is 6.42 Å². The number of halogens is 1. The van der Waals surface area contributed by atoms with Crippen LogP contribution in [0.15, 0.2) is 0 Å². The number of carbonyl (C=O) groups excluding carboxylic acids is 1. The van der Waals surface area contributed by atoms with Crippen molar-refractivity contribution in [1.29, 1.82) is 0 Å². The Kier molecular flexibility index (Phi) is 4.48. The number of amides is 1. The minimum Gasteiger partial charge on any atom is -0.480 e. The Morgan fingerprint density at radius 1 is 1.42 bits per heavy atom. The average molecular weight is 339 g/mol. The van der Waals surface area contributed by atoms with Crippen molar-refractivity contribution >= 4 is 28.0 Å². The molecule has 1 amide bonds. The fourth-order valence-corrected chi connectivity index (χ4v) is 2.08. The lowest BCUT2D eigenvalue weighted by molar-refractivity contribution is -0.171. The molecule has 0 spiro atoms. The lowest BCUT2D eigenvalue weighted by Gasteiger charge is -2.27. The molecule has 19 heavy (non-hydrogen) atoms. The number of carboxylic acids is 1. The molecule has 0 aliphatic carbocycles. The maximum atomic E-state index is 11.9. The van der Waals surface area contributed by atoms with Gasteiger partial charge in [-0.3, -0.25) is 9.63 Å². The van der Waals surface area contributed by atoms with Crippen LogP contribution in [-0.2, 0) is 14.4 Å². The molecule has 1 saturated heterocycles. The monoisotopic (exact) mass is 338 g/mol. The van der Waals surface area contributed by atoms with Crippen LogP contribution in [-0.4, -0.2) is 44.4 Å². The Labute approximate surface area is 120 Å². The van der Waals surface area contributed by atoms with Crippen LogP contribution in [0.5, 0.6) is 0 Å². The fraction of sp³-hybridized carbons (Fsp3) is 0.818. The van der Waals surface area contributed by atoms with E-state index in [1.165, 1.54) is 6.92 Å². The van der Waals surface area contributed by atoms with Crippen LogP contribution in [0.3, 0.4) is 0 Å². The van der Waals surface area contributed by atoms with Gasteiger partial charge in [-0.25, -0.2) is 4.79 Å². The van der Waals surface area contributed by atoms with Gasteiger partial charge >= 0.3 is 12.1 Å². The van der Waals surface area contributed by atoms with E-state index < -0.39 is 34.3 Å². The van der Waals surface area contributed by atoms with Crippen LogP contribution in [0.1, 0.15) is 34.1 Å². The predicted molar refractivity (Wildman–Crippen MR) is 70.5 cm³/mol. The topological polar surface area (TPSA) is 102 Å². The third-order valence-electron chi connectivity index (χ3n) is 2.61. The average Bonchev–Trinajstić information content (AvgIpc) is 2.57. The summed E-state index contributed by atoms with van der Waals surface area (Å²) in [6.45, 7) is 6.53. The summed E-state index contributed by atoms with van der Waals surface area (Å²) in [7, 11) is 0. The molecule has 110 valence electrons. The molecule has 1 aliphatic rings. The number of nitrogens with zero attached hydrogens (tertiary/aromatic N) is 1. The number of aliphatic carboxylic acids is 1. The van der Waals surface area contributed by atoms with Crippen LogP contribution in [0.25, 0.3) is 0 Å². The van der Waals surface area contributed by atoms with Gasteiger partial charge in [0.15, 0.2) is 0 Å². The van der Waals surface area contributed by atoms with Gasteiger partial charge in [0.2, 0.25) is 0 Å². The second-order valence-electron chi connectivity index (χ2n) is 5.66. The molecule has 3 N–H and O–H groups in total. The Bertz CT molecular complexity index is 380. The van der Waals surface area contributed by atoms with Crippen LogP contribution in [0, 0.1) is 0 Å². The van der Waals surface area contributed by atoms with Gasteiger partial charge in [0.1, 0.15) is 22.2 Å². The smallest absolute Gasteiger partial charge is 0.435 e. The fourth-order valence-electron chi connectivity index (χ4n) is 1.47. The van der Waals surface area contributed by atoms with Crippen molar-refractivity contribution in [2.75, 3.05) is 0 Å². The van der Waals surface area contributed by atoms with E-state index in [2.05, 4.69) is 15.9 Å². The minimum absolute atomic E-state index is 0.262. The molecular formula is C11H19BrN2O5. The maximum Gasteiger partial charge on any atom is 0.435 e. The Morgan fingerprint density at radius 2 is 1.95 bits per heavy atom. The normalized spacial score (nSPS) is 26.9. The van der Waals surface area contributed by atoms with Crippen LogP contribution in [0.2, 0.25) is 0 Å². The third kappa shape index (κ3) is 3.80. The van der Waals surface area contributed by atoms with Crippen LogP contribution >= 0.6 is 15.9 Å². The predicted octanol–water partition coefficient (Wildman–Crippen LogP) is 1.45. The van der Waals surface area contributed by atoms with E-state index in [4.69, 9.17) is 20.4 Å². The van der Waals surface area contributed by atoms with Crippen molar-refractivity contribution in [3.63, 3.8) is 0 Å². The largest absolute Gasteiger partial charge is 0.480 e. The van der Waals surface area contributed by atoms with E-state index in [-0.39, 0.29) is 6.42 Å². The van der Waals surface area contributed by atoms with Gasteiger partial charge in [-0.05, 0) is 27.7 Å². The highest BCUT2D eigenvalue weighted by Gasteiger charge is 2.48. The van der Waals surface area contributed by atoms with Gasteiger partial charge in [0.25, 0.3) is 0 Å². The van der Waals surface area contributed by atoms with Crippen LogP contribution in [0.4, 0.5) is 4.79 Å². The van der Waals surface area contributed by atoms with Gasteiger partial charge in [0.05, 0.1) is 0 Å². The highest BCUT2D eigenvalue weighted by molar-refractivity contribution is 9.09. The van der Waals surface area contributed by atoms with E-state index in [0.29, 0.717) is 0 Å². The number of alkyl halides is 1. The first-order chi connectivity index (χ1) is 8.45. The number of hydrogen-bond donors (Lipinski definition) is 2. The molecule has 1 rings (SSSR count). The third-order valence-corrected chi connectivity index (χ3v) is 3.35. The molecule has 0 aromatic heterocycles. The van der Waals surface area contributed by atoms with E-state index in [1.54, 1.807) is 20.8 Å². The highest BCUT2D eigenvalue weighted by atomic mass is 79.9. The summed E-state index contributed by atoms with van der Waals surface area (Å²) < 4.78 is 5.16. The Morgan fingerprint density at radius 3 is 2.37 bits per heavy atom. The summed E-state index contributed by atoms with van der Waals surface area (Å²) in [6.07, 6.45) is -1.24. The lowest BCUT2D eigenvalue weighted by Crippen LogP contribution is -2.55. The van der Waals surface area contributed by atoms with E-state index in [0.717, 1.165) is 5.06 Å². The molecule has 0 bridgehead atoms. The number of carboxylic acid groups (broad SMARTS) is 1. The number of rotatable bonds is 2. The number of nitrogens with two attached hydrogens (primary N) is 1. The summed E-state index contributed by atoms with van der Waals surface area (Å²) >= 11 is 3.25. The highest BCUT2D eigenvalue weighted by Crippen LogP contribution is 2.32. The standard InChI is InChI=1S/C11H19BrN2O5/c1-10(2,3)18-9(17)14-7(12)5-6(19-14)11(4,13)8(15)16/h6-7H,5,13H2,1-4H3,(H,15,16)/t6?,7?,11-/m1/s1. The SMILES string of the molecule is CC(C)(C)OC(=O)N1OC([C@@](C)(N)C(=O)O)CC1Br. The molecule has 1 fully saturated rings. The van der Waals surface area contributed by atoms with Crippen LogP contribution < -0.4 is 5.73 Å². The van der Waals surface area contributed by atoms with E-state index in [1.807, 2.05) is 0 Å². The molecule has 0 radical (unpaired) electrons. The van der Waals surface area contributed by atoms with Gasteiger partial charge in [-0.1, -0.05) is 15.9 Å². The summed E-state index contributed by atoms with van der Waals surface area (Å²) in [5.74, 6) is -1.19. The second kappa shape index (κ2) is 5.26. The summed E-state index contributed by atoms with van der Waals surface area (Å²) in [4.78, 5) is 27.8. The lowest BCUT2D eigenvalue weighted by atomic mass is 9.94. The zero-order valence-electron chi connectivity index (χ0n) is 11.3. The van der Waals surface area contributed by atoms with Crippen molar-refractivity contribution in [2.24, 2.45) is 5.73 Å². The van der Waals surface area contributed by atoms with E-state index >= 15 is 0 Å². The summed E-state index contributed by atoms with van der Waals surface area (Å²) in [6, 6.07) is 0. The molecule has 3 atom stereocenters. The molecule has 1 heterocycles. The van der Waals surface area contributed by atoms with Gasteiger partial charge < -0.3 is 15.6 Å². The molecule has 8 heteroatoms. The first-order valence-corrected chi connectivity index (χ1v) is 6.72. The molecule has 0 saturated carbocycles. The van der Waals surface area contributed by atoms with Crippen molar-refractivity contribution in [1.82, 2.24) is 5.06 Å². The maximum absolute atomic E-state index is 11.9. The van der Waals surface area contributed by atoms with Crippen molar-refractivity contribution < 1.29 is 24.3 Å². The first-order valence-electron chi connectivity index (χ1n) is 5.80. The molecule has 0 aromatic rings. The molecular weight excluding hydrogens is 320 g/mol. The van der Waals surface area contributed by atoms with Crippen molar-refractivity contribution in [2.45, 2.75) is 56.3 Å². The number of carbonyl (C=O) groups is 2. The number of ether oxygens (including phenoxy) is 1. The minimum atomic E-state index is -1.58. The Hall–Kier alpha value is -0.860. The molecule has 1 aliphatic heterocycles. The zero-order valence-corrected chi connectivity index (χ0v) is 12.9. The number of hydroxylamine groups is 2. The van der Waals surface area contributed by atoms with Gasteiger partial charge in [-0.2, -0.15) is 5.06 Å². The number of hydrogen-bond acceptors (Lipinski definition) is 5. The van der Waals surface area contributed by atoms with Gasteiger partial charge in [-0.15, -0.1) is 0 Å². The molecule has 7 nitrogen and oxygen atoms in total. The summed E-state index contributed by atoms with van der Waals surface area (Å²) in [5.41, 5.74) is 3.45. The van der Waals surface area contributed by atoms with Crippen molar-refractivity contribution in [3.8, 4) is 0 Å². The molecule has 2 unspecified atom stereocenters. The molecule has 0 aromatic carbocycles. The Balaban J connectivity index is 2.76.